The third kappa shape index (κ3) is 3.17. The first kappa shape index (κ1) is 16.9. The van der Waals surface area contributed by atoms with Crippen LogP contribution in [0.5, 0.6) is 11.5 Å². The fourth-order valence-electron chi connectivity index (χ4n) is 2.64. The van der Waals surface area contributed by atoms with Crippen molar-refractivity contribution in [1.29, 1.82) is 5.26 Å². The molecule has 0 saturated carbocycles. The molecule has 0 fully saturated rings. The standard InChI is InChI=1S/C19H16ClN3O2/c1-3-25-17-10-12(9-14(20)18(17)24)8-13(11-21)19-22-15-6-4-5-7-16(15)23(19)2/h4-10,24H,3H2,1-2H3/b13-8-. The number of hydrogen-bond acceptors (Lipinski definition) is 4. The van der Waals surface area contributed by atoms with Gasteiger partial charge in [-0.15, -0.1) is 0 Å². The number of phenols is 1. The maximum absolute atomic E-state index is 9.94. The molecule has 0 bridgehead atoms. The van der Waals surface area contributed by atoms with E-state index in [9.17, 15) is 10.4 Å². The molecule has 0 aliphatic heterocycles. The van der Waals surface area contributed by atoms with E-state index < -0.39 is 0 Å². The zero-order valence-electron chi connectivity index (χ0n) is 13.8. The van der Waals surface area contributed by atoms with Crippen molar-refractivity contribution in [3.63, 3.8) is 0 Å². The van der Waals surface area contributed by atoms with E-state index in [2.05, 4.69) is 11.1 Å². The minimum Gasteiger partial charge on any atom is -0.503 e. The number of rotatable bonds is 4. The van der Waals surface area contributed by atoms with E-state index in [1.54, 1.807) is 18.2 Å². The number of benzene rings is 2. The Kier molecular flexibility index (Phi) is 4.64. The molecule has 0 aliphatic carbocycles. The molecule has 3 rings (SSSR count). The third-order valence-corrected chi connectivity index (χ3v) is 4.10. The van der Waals surface area contributed by atoms with Gasteiger partial charge in [0, 0.05) is 7.05 Å². The van der Waals surface area contributed by atoms with Gasteiger partial charge in [0.1, 0.15) is 6.07 Å². The monoisotopic (exact) mass is 353 g/mol. The second-order valence-electron chi connectivity index (χ2n) is 5.44. The molecule has 0 unspecified atom stereocenters. The number of aromatic nitrogens is 2. The molecule has 0 saturated heterocycles. The third-order valence-electron chi connectivity index (χ3n) is 3.81. The number of fused-ring (bicyclic) bond motifs is 1. The van der Waals surface area contributed by atoms with Crippen molar-refractivity contribution in [3.8, 4) is 17.6 Å². The fourth-order valence-corrected chi connectivity index (χ4v) is 2.86. The number of nitriles is 1. The lowest BCUT2D eigenvalue weighted by Crippen LogP contribution is -1.96. The number of imidazole rings is 1. The molecule has 1 N–H and O–H groups in total. The normalized spacial score (nSPS) is 11.5. The highest BCUT2D eigenvalue weighted by molar-refractivity contribution is 6.32. The molecule has 0 radical (unpaired) electrons. The second-order valence-corrected chi connectivity index (χ2v) is 5.84. The number of para-hydroxylation sites is 2. The van der Waals surface area contributed by atoms with Crippen molar-refractivity contribution < 1.29 is 9.84 Å². The predicted molar refractivity (Wildman–Crippen MR) is 98.5 cm³/mol. The van der Waals surface area contributed by atoms with Crippen LogP contribution in [-0.2, 0) is 7.05 Å². The largest absolute Gasteiger partial charge is 0.503 e. The molecule has 126 valence electrons. The highest BCUT2D eigenvalue weighted by atomic mass is 35.5. The minimum atomic E-state index is -0.109. The van der Waals surface area contributed by atoms with E-state index in [0.29, 0.717) is 23.6 Å². The number of halogens is 1. The molecule has 5 nitrogen and oxygen atoms in total. The lowest BCUT2D eigenvalue weighted by atomic mass is 10.1. The average molecular weight is 354 g/mol. The SMILES string of the molecule is CCOc1cc(/C=C(/C#N)c2nc3ccccc3n2C)cc(Cl)c1O. The summed E-state index contributed by atoms with van der Waals surface area (Å²) >= 11 is 6.06. The zero-order chi connectivity index (χ0) is 18.0. The Balaban J connectivity index is 2.12. The van der Waals surface area contributed by atoms with Gasteiger partial charge in [0.05, 0.1) is 28.2 Å². The zero-order valence-corrected chi connectivity index (χ0v) is 14.6. The van der Waals surface area contributed by atoms with E-state index >= 15 is 0 Å². The van der Waals surface area contributed by atoms with Gasteiger partial charge in [-0.3, -0.25) is 0 Å². The molecule has 1 aromatic heterocycles. The van der Waals surface area contributed by atoms with Crippen LogP contribution in [0.2, 0.25) is 5.02 Å². The smallest absolute Gasteiger partial charge is 0.176 e. The van der Waals surface area contributed by atoms with Crippen LogP contribution in [0.1, 0.15) is 18.3 Å². The molecule has 0 spiro atoms. The lowest BCUT2D eigenvalue weighted by Gasteiger charge is -2.09. The Morgan fingerprint density at radius 2 is 2.16 bits per heavy atom. The number of phenolic OH excluding ortho intramolecular Hbond substituents is 1. The van der Waals surface area contributed by atoms with E-state index in [1.165, 1.54) is 0 Å². The van der Waals surface area contributed by atoms with E-state index in [4.69, 9.17) is 16.3 Å². The summed E-state index contributed by atoms with van der Waals surface area (Å²) in [7, 11) is 1.87. The van der Waals surface area contributed by atoms with Crippen LogP contribution < -0.4 is 4.74 Å². The number of allylic oxidation sites excluding steroid dienone is 1. The maximum Gasteiger partial charge on any atom is 0.176 e. The molecule has 0 aliphatic rings. The van der Waals surface area contributed by atoms with Crippen LogP contribution in [0.3, 0.4) is 0 Å². The summed E-state index contributed by atoms with van der Waals surface area (Å²) in [4.78, 5) is 4.54. The Labute approximate surface area is 150 Å². The Bertz CT molecular complexity index is 1020. The van der Waals surface area contributed by atoms with Crippen molar-refractivity contribution in [1.82, 2.24) is 9.55 Å². The quantitative estimate of drug-likeness (QED) is 0.706. The Morgan fingerprint density at radius 3 is 2.84 bits per heavy atom. The number of nitrogens with zero attached hydrogens (tertiary/aromatic N) is 3. The van der Waals surface area contributed by atoms with Gasteiger partial charge in [-0.1, -0.05) is 23.7 Å². The Morgan fingerprint density at radius 1 is 1.40 bits per heavy atom. The van der Waals surface area contributed by atoms with Crippen molar-refractivity contribution in [3.05, 3.63) is 52.8 Å². The number of aryl methyl sites for hydroxylation is 1. The van der Waals surface area contributed by atoms with Crippen LogP contribution in [0.25, 0.3) is 22.7 Å². The predicted octanol–water partition coefficient (Wildman–Crippen LogP) is 4.40. The molecule has 25 heavy (non-hydrogen) atoms. The summed E-state index contributed by atoms with van der Waals surface area (Å²) in [6, 6.07) is 13.1. The van der Waals surface area contributed by atoms with Crippen molar-refractivity contribution >= 4 is 34.3 Å². The Hall–Kier alpha value is -2.97. The van der Waals surface area contributed by atoms with Crippen LogP contribution >= 0.6 is 11.6 Å². The van der Waals surface area contributed by atoms with E-state index in [0.717, 1.165) is 11.0 Å². The van der Waals surface area contributed by atoms with Crippen LogP contribution in [0, 0.1) is 11.3 Å². The molecular weight excluding hydrogens is 338 g/mol. The summed E-state index contributed by atoms with van der Waals surface area (Å²) in [5, 5.41) is 19.7. The summed E-state index contributed by atoms with van der Waals surface area (Å²) in [5.41, 5.74) is 2.80. The van der Waals surface area contributed by atoms with E-state index in [1.807, 2.05) is 42.8 Å². The van der Waals surface area contributed by atoms with Gasteiger partial charge in [0.2, 0.25) is 0 Å². The number of aromatic hydroxyl groups is 1. The van der Waals surface area contributed by atoms with Gasteiger partial charge < -0.3 is 14.4 Å². The van der Waals surface area contributed by atoms with Crippen LogP contribution in [-0.4, -0.2) is 21.3 Å². The first-order valence-electron chi connectivity index (χ1n) is 7.74. The molecule has 0 atom stereocenters. The van der Waals surface area contributed by atoms with Gasteiger partial charge in [-0.05, 0) is 42.8 Å². The van der Waals surface area contributed by atoms with Gasteiger partial charge in [0.25, 0.3) is 0 Å². The second kappa shape index (κ2) is 6.88. The highest BCUT2D eigenvalue weighted by Crippen LogP contribution is 2.36. The van der Waals surface area contributed by atoms with Crippen LogP contribution in [0.15, 0.2) is 36.4 Å². The summed E-state index contributed by atoms with van der Waals surface area (Å²) in [6.45, 7) is 2.21. The fraction of sp³-hybridized carbons (Fsp3) is 0.158. The topological polar surface area (TPSA) is 71.1 Å². The summed E-state index contributed by atoms with van der Waals surface area (Å²) < 4.78 is 7.25. The van der Waals surface area contributed by atoms with Gasteiger partial charge in [-0.2, -0.15) is 5.26 Å². The molecule has 0 amide bonds. The van der Waals surface area contributed by atoms with Crippen LogP contribution in [0.4, 0.5) is 0 Å². The van der Waals surface area contributed by atoms with Gasteiger partial charge in [0.15, 0.2) is 17.3 Å². The maximum atomic E-state index is 9.94. The first-order chi connectivity index (χ1) is 12.0. The summed E-state index contributed by atoms with van der Waals surface area (Å²) in [6.07, 6.45) is 1.68. The first-order valence-corrected chi connectivity index (χ1v) is 8.12. The lowest BCUT2D eigenvalue weighted by molar-refractivity contribution is 0.318. The summed E-state index contributed by atoms with van der Waals surface area (Å²) in [5.74, 6) is 0.733. The molecular formula is C19H16ClN3O2. The number of ether oxygens (including phenoxy) is 1. The molecule has 1 heterocycles. The van der Waals surface area contributed by atoms with Gasteiger partial charge >= 0.3 is 0 Å². The minimum absolute atomic E-state index is 0.109. The number of hydrogen-bond donors (Lipinski definition) is 1. The van der Waals surface area contributed by atoms with E-state index in [-0.39, 0.29) is 16.5 Å². The molecule has 6 heteroatoms. The molecule has 3 aromatic rings. The highest BCUT2D eigenvalue weighted by Gasteiger charge is 2.14. The average Bonchev–Trinajstić information content (AvgIpc) is 2.94. The van der Waals surface area contributed by atoms with Crippen molar-refractivity contribution in [2.75, 3.05) is 6.61 Å². The van der Waals surface area contributed by atoms with Gasteiger partial charge in [-0.25, -0.2) is 4.98 Å². The van der Waals surface area contributed by atoms with Crippen molar-refractivity contribution in [2.45, 2.75) is 6.92 Å². The molecule has 2 aromatic carbocycles. The van der Waals surface area contributed by atoms with Crippen molar-refractivity contribution in [2.24, 2.45) is 7.05 Å².